The lowest BCUT2D eigenvalue weighted by Gasteiger charge is -2.25. The first-order chi connectivity index (χ1) is 14.5. The van der Waals surface area contributed by atoms with Crippen LogP contribution in [0.1, 0.15) is 30.5 Å². The highest BCUT2D eigenvalue weighted by atomic mass is 32.1. The van der Waals surface area contributed by atoms with Gasteiger partial charge in [0, 0.05) is 0 Å². The zero-order valence-corrected chi connectivity index (χ0v) is 17.3. The van der Waals surface area contributed by atoms with Gasteiger partial charge in [-0.1, -0.05) is 60.7 Å². The quantitative estimate of drug-likeness (QED) is 0.608. The van der Waals surface area contributed by atoms with E-state index in [4.69, 9.17) is 4.74 Å². The van der Waals surface area contributed by atoms with Crippen LogP contribution in [0.3, 0.4) is 0 Å². The van der Waals surface area contributed by atoms with E-state index in [-0.39, 0.29) is 11.4 Å². The molecule has 1 aliphatic heterocycles. The van der Waals surface area contributed by atoms with E-state index in [9.17, 15) is 14.0 Å². The summed E-state index contributed by atoms with van der Waals surface area (Å²) in [7, 11) is 1.32. The van der Waals surface area contributed by atoms with E-state index in [1.165, 1.54) is 35.1 Å². The molecule has 4 rings (SSSR count). The number of fused-ring (bicyclic) bond motifs is 1. The van der Waals surface area contributed by atoms with Crippen molar-refractivity contribution in [2.75, 3.05) is 7.11 Å². The Bertz CT molecular complexity index is 1320. The number of thiazole rings is 1. The lowest BCUT2D eigenvalue weighted by Crippen LogP contribution is -2.40. The molecule has 0 N–H and O–H groups in total. The van der Waals surface area contributed by atoms with Gasteiger partial charge in [-0.2, -0.15) is 0 Å². The molecule has 3 aromatic rings. The molecule has 0 aliphatic carbocycles. The van der Waals surface area contributed by atoms with Crippen LogP contribution >= 0.6 is 11.3 Å². The van der Waals surface area contributed by atoms with Crippen molar-refractivity contribution in [2.45, 2.75) is 19.4 Å². The second-order valence-electron chi connectivity index (χ2n) is 6.75. The van der Waals surface area contributed by atoms with Gasteiger partial charge in [-0.3, -0.25) is 9.36 Å². The van der Waals surface area contributed by atoms with Gasteiger partial charge in [0.15, 0.2) is 4.80 Å². The number of halogens is 1. The first kappa shape index (κ1) is 20.0. The van der Waals surface area contributed by atoms with E-state index in [1.807, 2.05) is 37.3 Å². The molecule has 1 aromatic heterocycles. The van der Waals surface area contributed by atoms with Crippen LogP contribution in [0.15, 0.2) is 75.7 Å². The van der Waals surface area contributed by atoms with E-state index < -0.39 is 12.0 Å². The minimum Gasteiger partial charge on any atom is -0.466 e. The van der Waals surface area contributed by atoms with Crippen molar-refractivity contribution in [1.82, 2.24) is 4.57 Å². The Balaban J connectivity index is 2.01. The summed E-state index contributed by atoms with van der Waals surface area (Å²) in [5.41, 5.74) is 2.04. The maximum Gasteiger partial charge on any atom is 0.338 e. The molecule has 0 bridgehead atoms. The largest absolute Gasteiger partial charge is 0.466 e. The molecule has 152 valence electrons. The molecule has 30 heavy (non-hydrogen) atoms. The summed E-state index contributed by atoms with van der Waals surface area (Å²) < 4.78 is 20.5. The molecule has 2 aromatic carbocycles. The molecule has 0 unspecified atom stereocenters. The average molecular weight is 422 g/mol. The first-order valence-corrected chi connectivity index (χ1v) is 10.3. The van der Waals surface area contributed by atoms with Crippen LogP contribution in [0, 0.1) is 5.82 Å². The van der Waals surface area contributed by atoms with Gasteiger partial charge in [0.1, 0.15) is 5.82 Å². The molecule has 0 fully saturated rings. The molecule has 1 atom stereocenters. The van der Waals surface area contributed by atoms with Crippen molar-refractivity contribution in [2.24, 2.45) is 4.99 Å². The van der Waals surface area contributed by atoms with E-state index in [0.717, 1.165) is 5.56 Å². The second kappa shape index (κ2) is 8.20. The smallest absolute Gasteiger partial charge is 0.338 e. The number of rotatable bonds is 4. The Hall–Kier alpha value is -3.32. The predicted octanol–water partition coefficient (Wildman–Crippen LogP) is 2.94. The van der Waals surface area contributed by atoms with Gasteiger partial charge in [0.05, 0.1) is 29.0 Å². The van der Waals surface area contributed by atoms with Crippen molar-refractivity contribution in [3.05, 3.63) is 102 Å². The van der Waals surface area contributed by atoms with Crippen LogP contribution in [0.25, 0.3) is 6.08 Å². The number of allylic oxidation sites excluding steroid dienone is 1. The Kier molecular flexibility index (Phi) is 5.46. The summed E-state index contributed by atoms with van der Waals surface area (Å²) in [5, 5.41) is 0. The van der Waals surface area contributed by atoms with Crippen LogP contribution in [-0.2, 0) is 9.53 Å². The topological polar surface area (TPSA) is 60.7 Å². The van der Waals surface area contributed by atoms with Crippen molar-refractivity contribution in [1.29, 1.82) is 0 Å². The summed E-state index contributed by atoms with van der Waals surface area (Å²) in [6, 6.07) is 14.7. The third-order valence-electron chi connectivity index (χ3n) is 4.91. The monoisotopic (exact) mass is 422 g/mol. The van der Waals surface area contributed by atoms with Crippen LogP contribution in [0.2, 0.25) is 0 Å². The number of aromatic nitrogens is 1. The first-order valence-electron chi connectivity index (χ1n) is 9.47. The fourth-order valence-electron chi connectivity index (χ4n) is 3.56. The number of esters is 1. The third-order valence-corrected chi connectivity index (χ3v) is 5.89. The highest BCUT2D eigenvalue weighted by Crippen LogP contribution is 2.31. The lowest BCUT2D eigenvalue weighted by molar-refractivity contribution is -0.136. The van der Waals surface area contributed by atoms with Crippen molar-refractivity contribution < 1.29 is 13.9 Å². The Morgan fingerprint density at radius 3 is 2.67 bits per heavy atom. The highest BCUT2D eigenvalue weighted by molar-refractivity contribution is 7.07. The van der Waals surface area contributed by atoms with E-state index in [0.29, 0.717) is 32.6 Å². The third kappa shape index (κ3) is 3.52. The fourth-order valence-corrected chi connectivity index (χ4v) is 4.58. The van der Waals surface area contributed by atoms with Crippen LogP contribution in [0.4, 0.5) is 4.39 Å². The van der Waals surface area contributed by atoms with Gasteiger partial charge in [-0.25, -0.2) is 14.2 Å². The molecule has 7 heteroatoms. The summed E-state index contributed by atoms with van der Waals surface area (Å²) in [5.74, 6) is -0.885. The number of nitrogens with zero attached hydrogens (tertiary/aromatic N) is 2. The Morgan fingerprint density at radius 1 is 1.23 bits per heavy atom. The SMILES string of the molecule is CCC1=C(C(=O)OC)[C@H](c2ccccc2)n2c(s/c(=C\c3cccc(F)c3)c2=O)=N1. The number of ether oxygens (including phenoxy) is 1. The predicted molar refractivity (Wildman–Crippen MR) is 113 cm³/mol. The zero-order valence-electron chi connectivity index (χ0n) is 16.5. The standard InChI is InChI=1S/C23H19FN2O3S/c1-3-17-19(22(28)29-2)20(15-9-5-4-6-10-15)26-21(27)18(30-23(26)25-17)13-14-8-7-11-16(24)12-14/h4-13,20H,3H2,1-2H3/b18-13-/t20-/m0/s1. The van der Waals surface area contributed by atoms with Crippen molar-refractivity contribution >= 4 is 23.4 Å². The van der Waals surface area contributed by atoms with E-state index in [1.54, 1.807) is 18.2 Å². The summed E-state index contributed by atoms with van der Waals surface area (Å²) in [6.07, 6.45) is 2.16. The molecular weight excluding hydrogens is 403 g/mol. The molecule has 0 amide bonds. The maximum absolute atomic E-state index is 13.6. The van der Waals surface area contributed by atoms with Gasteiger partial charge in [0.25, 0.3) is 5.56 Å². The fraction of sp³-hybridized carbons (Fsp3) is 0.174. The van der Waals surface area contributed by atoms with Crippen LogP contribution in [0.5, 0.6) is 0 Å². The van der Waals surface area contributed by atoms with Gasteiger partial charge >= 0.3 is 5.97 Å². The highest BCUT2D eigenvalue weighted by Gasteiger charge is 2.33. The molecule has 0 saturated heterocycles. The number of carbonyl (C=O) groups excluding carboxylic acids is 1. The maximum atomic E-state index is 13.6. The molecule has 0 saturated carbocycles. The van der Waals surface area contributed by atoms with E-state index >= 15 is 0 Å². The Labute approximate surface area is 176 Å². The summed E-state index contributed by atoms with van der Waals surface area (Å²) >= 11 is 1.22. The molecular formula is C23H19FN2O3S. The van der Waals surface area contributed by atoms with Crippen LogP contribution < -0.4 is 14.9 Å². The summed E-state index contributed by atoms with van der Waals surface area (Å²) in [6.45, 7) is 1.91. The number of hydrogen-bond donors (Lipinski definition) is 0. The normalized spacial score (nSPS) is 16.2. The molecule has 0 spiro atoms. The van der Waals surface area contributed by atoms with Crippen LogP contribution in [-0.4, -0.2) is 17.6 Å². The minimum absolute atomic E-state index is 0.284. The van der Waals surface area contributed by atoms with Gasteiger partial charge < -0.3 is 4.74 Å². The van der Waals surface area contributed by atoms with E-state index in [2.05, 4.69) is 4.99 Å². The number of carbonyl (C=O) groups is 1. The van der Waals surface area contributed by atoms with Crippen molar-refractivity contribution in [3.8, 4) is 0 Å². The Morgan fingerprint density at radius 2 is 2.00 bits per heavy atom. The van der Waals surface area contributed by atoms with Gasteiger partial charge in [-0.15, -0.1) is 0 Å². The minimum atomic E-state index is -0.639. The second-order valence-corrected chi connectivity index (χ2v) is 7.76. The summed E-state index contributed by atoms with van der Waals surface area (Å²) in [4.78, 5) is 31.1. The molecule has 1 aliphatic rings. The number of methoxy groups -OCH3 is 1. The average Bonchev–Trinajstić information content (AvgIpc) is 3.07. The number of benzene rings is 2. The zero-order chi connectivity index (χ0) is 21.3. The van der Waals surface area contributed by atoms with Gasteiger partial charge in [0.2, 0.25) is 0 Å². The number of hydrogen-bond acceptors (Lipinski definition) is 5. The van der Waals surface area contributed by atoms with Gasteiger partial charge in [-0.05, 0) is 35.8 Å². The molecule has 0 radical (unpaired) electrons. The van der Waals surface area contributed by atoms with Crippen molar-refractivity contribution in [3.63, 3.8) is 0 Å². The molecule has 5 nitrogen and oxygen atoms in total. The lowest BCUT2D eigenvalue weighted by atomic mass is 9.95. The molecule has 2 heterocycles.